The Balaban J connectivity index is 1.95. The highest BCUT2D eigenvalue weighted by molar-refractivity contribution is 7.87. The zero-order valence-electron chi connectivity index (χ0n) is 9.68. The van der Waals surface area contributed by atoms with Gasteiger partial charge in [-0.15, -0.1) is 0 Å². The van der Waals surface area contributed by atoms with Gasteiger partial charge in [-0.1, -0.05) is 6.42 Å². The number of nitrogens with one attached hydrogen (secondary N) is 1. The van der Waals surface area contributed by atoms with Crippen molar-refractivity contribution in [1.29, 1.82) is 0 Å². The lowest BCUT2D eigenvalue weighted by Crippen LogP contribution is -2.50. The van der Waals surface area contributed by atoms with E-state index in [4.69, 9.17) is 5.11 Å². The van der Waals surface area contributed by atoms with E-state index in [9.17, 15) is 13.2 Å². The summed E-state index contributed by atoms with van der Waals surface area (Å²) >= 11 is 0. The maximum absolute atomic E-state index is 11.9. The van der Waals surface area contributed by atoms with E-state index in [2.05, 4.69) is 4.72 Å². The maximum Gasteiger partial charge on any atom is 0.310 e. The first-order valence-electron chi connectivity index (χ1n) is 5.94. The lowest BCUT2D eigenvalue weighted by atomic mass is 9.69. The fourth-order valence-electron chi connectivity index (χ4n) is 2.32. The molecule has 2 rings (SSSR count). The minimum absolute atomic E-state index is 0.0150. The highest BCUT2D eigenvalue weighted by Gasteiger charge is 2.45. The average molecular weight is 262 g/mol. The number of carboxylic acid groups (broad SMARTS) is 1. The van der Waals surface area contributed by atoms with Crippen molar-refractivity contribution in [1.82, 2.24) is 9.03 Å². The largest absolute Gasteiger partial charge is 0.481 e. The van der Waals surface area contributed by atoms with E-state index < -0.39 is 21.6 Å². The molecule has 1 saturated heterocycles. The molecule has 0 spiro atoms. The van der Waals surface area contributed by atoms with Gasteiger partial charge in [0.25, 0.3) is 10.2 Å². The van der Waals surface area contributed by atoms with Gasteiger partial charge in [0.2, 0.25) is 0 Å². The van der Waals surface area contributed by atoms with Crippen LogP contribution in [0.5, 0.6) is 0 Å². The summed E-state index contributed by atoms with van der Waals surface area (Å²) in [5.41, 5.74) is -0.868. The molecule has 1 heterocycles. The predicted molar refractivity (Wildman–Crippen MR) is 61.6 cm³/mol. The molecule has 6 nitrogen and oxygen atoms in total. The van der Waals surface area contributed by atoms with E-state index in [1.54, 1.807) is 0 Å². The first kappa shape index (κ1) is 12.8. The van der Waals surface area contributed by atoms with E-state index in [-0.39, 0.29) is 6.54 Å². The smallest absolute Gasteiger partial charge is 0.310 e. The van der Waals surface area contributed by atoms with Crippen LogP contribution >= 0.6 is 0 Å². The zero-order valence-corrected chi connectivity index (χ0v) is 10.5. The Labute approximate surface area is 101 Å². The first-order valence-corrected chi connectivity index (χ1v) is 7.38. The molecule has 2 aliphatic rings. The van der Waals surface area contributed by atoms with Crippen LogP contribution in [-0.4, -0.2) is 43.4 Å². The van der Waals surface area contributed by atoms with Crippen LogP contribution in [0.1, 0.15) is 32.1 Å². The Kier molecular flexibility index (Phi) is 3.42. The third-order valence-corrected chi connectivity index (χ3v) is 5.32. The summed E-state index contributed by atoms with van der Waals surface area (Å²) in [7, 11) is -3.48. The van der Waals surface area contributed by atoms with Crippen LogP contribution in [-0.2, 0) is 15.0 Å². The third-order valence-electron chi connectivity index (χ3n) is 3.76. The molecule has 0 atom stereocenters. The second-order valence-corrected chi connectivity index (χ2v) is 6.63. The topological polar surface area (TPSA) is 86.7 Å². The highest BCUT2D eigenvalue weighted by atomic mass is 32.2. The summed E-state index contributed by atoms with van der Waals surface area (Å²) in [5, 5.41) is 9.10. The number of carboxylic acids is 1. The van der Waals surface area contributed by atoms with Crippen molar-refractivity contribution >= 4 is 16.2 Å². The average Bonchev–Trinajstić information content (AvgIpc) is 2.68. The van der Waals surface area contributed by atoms with Crippen LogP contribution in [0, 0.1) is 5.41 Å². The van der Waals surface area contributed by atoms with Crippen molar-refractivity contribution in [3.8, 4) is 0 Å². The standard InChI is InChI=1S/C10H18N2O4S/c13-9(14)10(4-3-5-10)8-11-17(15,16)12-6-1-2-7-12/h11H,1-8H2,(H,13,14). The zero-order chi connectivity index (χ0) is 12.5. The molecule has 98 valence electrons. The van der Waals surface area contributed by atoms with E-state index in [1.165, 1.54) is 4.31 Å². The van der Waals surface area contributed by atoms with Crippen molar-refractivity contribution in [3.05, 3.63) is 0 Å². The Bertz CT molecular complexity index is 397. The van der Waals surface area contributed by atoms with E-state index in [1.807, 2.05) is 0 Å². The quantitative estimate of drug-likeness (QED) is 0.739. The van der Waals surface area contributed by atoms with Crippen molar-refractivity contribution in [2.75, 3.05) is 19.6 Å². The van der Waals surface area contributed by atoms with Crippen LogP contribution in [0.25, 0.3) is 0 Å². The van der Waals surface area contributed by atoms with Gasteiger partial charge >= 0.3 is 5.97 Å². The maximum atomic E-state index is 11.9. The molecular weight excluding hydrogens is 244 g/mol. The Morgan fingerprint density at radius 1 is 1.24 bits per heavy atom. The summed E-state index contributed by atoms with van der Waals surface area (Å²) in [6.07, 6.45) is 3.74. The summed E-state index contributed by atoms with van der Waals surface area (Å²) in [4.78, 5) is 11.1. The Morgan fingerprint density at radius 3 is 2.24 bits per heavy atom. The summed E-state index contributed by atoms with van der Waals surface area (Å²) in [6, 6.07) is 0. The van der Waals surface area contributed by atoms with Gasteiger partial charge in [0, 0.05) is 19.6 Å². The number of carbonyl (C=O) groups is 1. The molecule has 1 saturated carbocycles. The van der Waals surface area contributed by atoms with Crippen LogP contribution in [0.2, 0.25) is 0 Å². The van der Waals surface area contributed by atoms with Gasteiger partial charge in [-0.25, -0.2) is 4.72 Å². The van der Waals surface area contributed by atoms with Gasteiger partial charge in [0.05, 0.1) is 5.41 Å². The molecule has 0 amide bonds. The second-order valence-electron chi connectivity index (χ2n) is 4.87. The molecule has 2 fully saturated rings. The van der Waals surface area contributed by atoms with Gasteiger partial charge in [-0.05, 0) is 25.7 Å². The first-order chi connectivity index (χ1) is 7.96. The number of hydrogen-bond donors (Lipinski definition) is 2. The van der Waals surface area contributed by atoms with Crippen LogP contribution in [0.15, 0.2) is 0 Å². The molecule has 17 heavy (non-hydrogen) atoms. The number of hydrogen-bond acceptors (Lipinski definition) is 3. The van der Waals surface area contributed by atoms with Crippen molar-refractivity contribution in [2.24, 2.45) is 5.41 Å². The molecule has 0 radical (unpaired) electrons. The molecule has 1 aliphatic heterocycles. The van der Waals surface area contributed by atoms with Gasteiger partial charge in [-0.2, -0.15) is 12.7 Å². The van der Waals surface area contributed by atoms with E-state index in [0.717, 1.165) is 19.3 Å². The summed E-state index contributed by atoms with van der Waals surface area (Å²) in [6.45, 7) is 1.09. The summed E-state index contributed by atoms with van der Waals surface area (Å²) < 4.78 is 27.6. The van der Waals surface area contributed by atoms with Gasteiger partial charge in [0.15, 0.2) is 0 Å². The van der Waals surface area contributed by atoms with Crippen molar-refractivity contribution < 1.29 is 18.3 Å². The number of aliphatic carboxylic acids is 1. The fraction of sp³-hybridized carbons (Fsp3) is 0.900. The van der Waals surface area contributed by atoms with Crippen molar-refractivity contribution in [2.45, 2.75) is 32.1 Å². The number of nitrogens with zero attached hydrogens (tertiary/aromatic N) is 1. The SMILES string of the molecule is O=C(O)C1(CNS(=O)(=O)N2CCCC2)CCC1. The monoisotopic (exact) mass is 262 g/mol. The van der Waals surface area contributed by atoms with Crippen molar-refractivity contribution in [3.63, 3.8) is 0 Å². The van der Waals surface area contributed by atoms with Crippen LogP contribution in [0.3, 0.4) is 0 Å². The lowest BCUT2D eigenvalue weighted by molar-refractivity contribution is -0.153. The number of rotatable bonds is 5. The molecular formula is C10H18N2O4S. The Hall–Kier alpha value is -0.660. The molecule has 2 N–H and O–H groups in total. The van der Waals surface area contributed by atoms with Gasteiger partial charge < -0.3 is 5.11 Å². The van der Waals surface area contributed by atoms with Crippen LogP contribution in [0.4, 0.5) is 0 Å². The lowest BCUT2D eigenvalue weighted by Gasteiger charge is -2.37. The van der Waals surface area contributed by atoms with E-state index in [0.29, 0.717) is 25.9 Å². The molecule has 1 aliphatic carbocycles. The van der Waals surface area contributed by atoms with E-state index >= 15 is 0 Å². The normalized spacial score (nSPS) is 24.5. The third kappa shape index (κ3) is 2.46. The fourth-order valence-corrected chi connectivity index (χ4v) is 3.70. The summed E-state index contributed by atoms with van der Waals surface area (Å²) in [5.74, 6) is -0.895. The molecule has 0 bridgehead atoms. The van der Waals surface area contributed by atoms with Crippen LogP contribution < -0.4 is 4.72 Å². The van der Waals surface area contributed by atoms with Gasteiger partial charge in [0.1, 0.15) is 0 Å². The molecule has 0 aromatic heterocycles. The minimum atomic E-state index is -3.48. The second kappa shape index (κ2) is 4.55. The molecule has 0 aromatic carbocycles. The van der Waals surface area contributed by atoms with Gasteiger partial charge in [-0.3, -0.25) is 4.79 Å². The Morgan fingerprint density at radius 2 is 1.82 bits per heavy atom. The predicted octanol–water partition coefficient (Wildman–Crippen LogP) is 0.171. The highest BCUT2D eigenvalue weighted by Crippen LogP contribution is 2.40. The molecule has 0 unspecified atom stereocenters. The molecule has 0 aromatic rings. The molecule has 7 heteroatoms. The minimum Gasteiger partial charge on any atom is -0.481 e.